The monoisotopic (exact) mass is 256 g/mol. The van der Waals surface area contributed by atoms with Gasteiger partial charge in [0, 0.05) is 6.61 Å². The summed E-state index contributed by atoms with van der Waals surface area (Å²) in [4.78, 5) is 0. The first-order valence-corrected chi connectivity index (χ1v) is 7.41. The lowest BCUT2D eigenvalue weighted by Crippen LogP contribution is -2.54. The van der Waals surface area contributed by atoms with E-state index >= 15 is 0 Å². The van der Waals surface area contributed by atoms with Crippen LogP contribution in [0, 0.1) is 0 Å². The summed E-state index contributed by atoms with van der Waals surface area (Å²) in [5.41, 5.74) is 2.87. The van der Waals surface area contributed by atoms with Crippen molar-refractivity contribution in [2.45, 2.75) is 77.4 Å². The van der Waals surface area contributed by atoms with E-state index in [0.29, 0.717) is 0 Å². The molecular formula is C15H32N2O. The van der Waals surface area contributed by atoms with E-state index in [1.807, 2.05) is 6.08 Å². The molecule has 1 unspecified atom stereocenters. The van der Waals surface area contributed by atoms with E-state index in [0.717, 1.165) is 32.3 Å². The first-order valence-electron chi connectivity index (χ1n) is 7.41. The molecule has 1 atom stereocenters. The Labute approximate surface area is 113 Å². The lowest BCUT2D eigenvalue weighted by Gasteiger charge is -2.39. The molecule has 0 spiro atoms. The van der Waals surface area contributed by atoms with Crippen LogP contribution < -0.4 is 11.3 Å². The highest BCUT2D eigenvalue weighted by atomic mass is 16.5. The molecule has 0 aromatic heterocycles. The molecule has 0 aliphatic heterocycles. The maximum absolute atomic E-state index is 6.00. The average molecular weight is 256 g/mol. The van der Waals surface area contributed by atoms with Gasteiger partial charge >= 0.3 is 0 Å². The highest BCUT2D eigenvalue weighted by Gasteiger charge is 2.35. The molecule has 0 saturated heterocycles. The number of rotatable bonds is 12. The van der Waals surface area contributed by atoms with Crippen LogP contribution in [0.15, 0.2) is 12.7 Å². The number of nitrogens with two attached hydrogens (primary N) is 1. The van der Waals surface area contributed by atoms with Crippen molar-refractivity contribution in [2.24, 2.45) is 5.84 Å². The molecule has 0 radical (unpaired) electrons. The van der Waals surface area contributed by atoms with Crippen molar-refractivity contribution >= 4 is 0 Å². The number of hydrazine groups is 1. The largest absolute Gasteiger partial charge is 0.374 e. The van der Waals surface area contributed by atoms with Crippen molar-refractivity contribution in [1.29, 1.82) is 0 Å². The van der Waals surface area contributed by atoms with Gasteiger partial charge in [0.2, 0.25) is 0 Å². The van der Waals surface area contributed by atoms with Gasteiger partial charge in [-0.3, -0.25) is 11.3 Å². The summed E-state index contributed by atoms with van der Waals surface area (Å²) in [6, 6.07) is 0.246. The molecule has 0 fully saturated rings. The zero-order chi connectivity index (χ0) is 13.9. The molecule has 0 aliphatic rings. The molecule has 3 N–H and O–H groups in total. The summed E-state index contributed by atoms with van der Waals surface area (Å²) >= 11 is 0. The van der Waals surface area contributed by atoms with Crippen LogP contribution in [0.25, 0.3) is 0 Å². The summed E-state index contributed by atoms with van der Waals surface area (Å²) in [6.45, 7) is 10.9. The first-order chi connectivity index (χ1) is 8.70. The smallest absolute Gasteiger partial charge is 0.0842 e. The Morgan fingerprint density at radius 3 is 2.33 bits per heavy atom. The minimum atomic E-state index is -0.109. The second kappa shape index (κ2) is 10.5. The maximum atomic E-state index is 6.00. The third-order valence-electron chi connectivity index (χ3n) is 3.87. The van der Waals surface area contributed by atoms with Gasteiger partial charge in [0.25, 0.3) is 0 Å². The molecule has 0 aromatic carbocycles. The molecule has 0 rings (SSSR count). The molecule has 108 valence electrons. The van der Waals surface area contributed by atoms with Crippen molar-refractivity contribution in [3.63, 3.8) is 0 Å². The summed E-state index contributed by atoms with van der Waals surface area (Å²) in [6.07, 6.45) is 9.82. The molecule has 0 amide bonds. The van der Waals surface area contributed by atoms with Gasteiger partial charge in [-0.05, 0) is 39.0 Å². The van der Waals surface area contributed by atoms with Crippen LogP contribution in [0.1, 0.15) is 65.7 Å². The molecule has 18 heavy (non-hydrogen) atoms. The third-order valence-corrected chi connectivity index (χ3v) is 3.87. The number of nitrogens with one attached hydrogen (secondary N) is 1. The first kappa shape index (κ1) is 17.6. The fraction of sp³-hybridized carbons (Fsp3) is 0.867. The van der Waals surface area contributed by atoms with Gasteiger partial charge < -0.3 is 4.74 Å². The number of allylic oxidation sites excluding steroid dienone is 1. The van der Waals surface area contributed by atoms with Gasteiger partial charge in [-0.15, -0.1) is 6.58 Å². The van der Waals surface area contributed by atoms with E-state index in [-0.39, 0.29) is 11.6 Å². The Morgan fingerprint density at radius 1 is 1.22 bits per heavy atom. The van der Waals surface area contributed by atoms with Gasteiger partial charge in [-0.2, -0.15) is 0 Å². The maximum Gasteiger partial charge on any atom is 0.0842 e. The SMILES string of the molecule is C=CCCCCCC(NN)C(CC)(CC)OCC. The van der Waals surface area contributed by atoms with Crippen LogP contribution in [0.3, 0.4) is 0 Å². The summed E-state index contributed by atoms with van der Waals surface area (Å²) in [7, 11) is 0. The van der Waals surface area contributed by atoms with E-state index in [9.17, 15) is 0 Å². The summed E-state index contributed by atoms with van der Waals surface area (Å²) < 4.78 is 6.00. The Hall–Kier alpha value is -0.380. The number of ether oxygens (including phenoxy) is 1. The van der Waals surface area contributed by atoms with Crippen molar-refractivity contribution in [2.75, 3.05) is 6.61 Å². The topological polar surface area (TPSA) is 47.3 Å². The van der Waals surface area contributed by atoms with Crippen LogP contribution in [0.4, 0.5) is 0 Å². The molecular weight excluding hydrogens is 224 g/mol. The van der Waals surface area contributed by atoms with Crippen molar-refractivity contribution in [1.82, 2.24) is 5.43 Å². The molecule has 3 nitrogen and oxygen atoms in total. The molecule has 0 saturated carbocycles. The standard InChI is InChI=1S/C15H32N2O/c1-5-9-10-11-12-13-14(17-16)15(6-2,7-3)18-8-4/h5,14,17H,1,6-13,16H2,2-4H3. The Morgan fingerprint density at radius 2 is 1.89 bits per heavy atom. The molecule has 0 heterocycles. The zero-order valence-corrected chi connectivity index (χ0v) is 12.5. The van der Waals surface area contributed by atoms with E-state index in [4.69, 9.17) is 10.6 Å². The normalized spacial score (nSPS) is 13.6. The van der Waals surface area contributed by atoms with Crippen LogP contribution in [0.5, 0.6) is 0 Å². The lowest BCUT2D eigenvalue weighted by molar-refractivity contribution is -0.0742. The fourth-order valence-electron chi connectivity index (χ4n) is 2.65. The second-order valence-electron chi connectivity index (χ2n) is 4.85. The highest BCUT2D eigenvalue weighted by molar-refractivity contribution is 4.90. The van der Waals surface area contributed by atoms with Gasteiger partial charge in [0.05, 0.1) is 11.6 Å². The van der Waals surface area contributed by atoms with Crippen molar-refractivity contribution in [3.05, 3.63) is 12.7 Å². The second-order valence-corrected chi connectivity index (χ2v) is 4.85. The van der Waals surface area contributed by atoms with Crippen molar-refractivity contribution < 1.29 is 4.74 Å². The molecule has 3 heteroatoms. The number of hydrogen-bond acceptors (Lipinski definition) is 3. The quantitative estimate of drug-likeness (QED) is 0.243. The summed E-state index contributed by atoms with van der Waals surface area (Å²) in [5.74, 6) is 5.74. The van der Waals surface area contributed by atoms with E-state index in [1.165, 1.54) is 19.3 Å². The molecule has 0 bridgehead atoms. The Kier molecular flexibility index (Phi) is 10.3. The van der Waals surface area contributed by atoms with E-state index in [2.05, 4.69) is 32.8 Å². The van der Waals surface area contributed by atoms with Crippen molar-refractivity contribution in [3.8, 4) is 0 Å². The van der Waals surface area contributed by atoms with Gasteiger partial charge in [0.1, 0.15) is 0 Å². The number of unbranched alkanes of at least 4 members (excludes halogenated alkanes) is 3. The predicted octanol–water partition coefficient (Wildman–Crippen LogP) is 3.55. The molecule has 0 aromatic rings. The summed E-state index contributed by atoms with van der Waals surface area (Å²) in [5, 5.41) is 0. The van der Waals surface area contributed by atoms with Gasteiger partial charge in [-0.1, -0.05) is 32.8 Å². The fourth-order valence-corrected chi connectivity index (χ4v) is 2.65. The minimum Gasteiger partial charge on any atom is -0.374 e. The lowest BCUT2D eigenvalue weighted by atomic mass is 9.85. The number of hydrogen-bond donors (Lipinski definition) is 2. The Bertz CT molecular complexity index is 203. The third kappa shape index (κ3) is 5.51. The predicted molar refractivity (Wildman–Crippen MR) is 79.3 cm³/mol. The average Bonchev–Trinajstić information content (AvgIpc) is 2.41. The minimum absolute atomic E-state index is 0.109. The van der Waals surface area contributed by atoms with E-state index < -0.39 is 0 Å². The van der Waals surface area contributed by atoms with Crippen LogP contribution in [0.2, 0.25) is 0 Å². The molecule has 0 aliphatic carbocycles. The van der Waals surface area contributed by atoms with Crippen LogP contribution in [-0.2, 0) is 4.74 Å². The zero-order valence-electron chi connectivity index (χ0n) is 12.5. The Balaban J connectivity index is 4.28. The van der Waals surface area contributed by atoms with E-state index in [1.54, 1.807) is 0 Å². The van der Waals surface area contributed by atoms with Gasteiger partial charge in [-0.25, -0.2) is 0 Å². The highest BCUT2D eigenvalue weighted by Crippen LogP contribution is 2.28. The van der Waals surface area contributed by atoms with Crippen LogP contribution >= 0.6 is 0 Å². The van der Waals surface area contributed by atoms with Gasteiger partial charge in [0.15, 0.2) is 0 Å². The van der Waals surface area contributed by atoms with Crippen LogP contribution in [-0.4, -0.2) is 18.2 Å².